The van der Waals surface area contributed by atoms with Gasteiger partial charge >= 0.3 is 0 Å². The van der Waals surface area contributed by atoms with E-state index in [9.17, 15) is 9.59 Å². The Morgan fingerprint density at radius 2 is 1.94 bits per heavy atom. The van der Waals surface area contributed by atoms with Crippen molar-refractivity contribution in [2.24, 2.45) is 11.7 Å². The van der Waals surface area contributed by atoms with Crippen LogP contribution in [0.4, 0.5) is 0 Å². The van der Waals surface area contributed by atoms with Crippen LogP contribution in [-0.2, 0) is 4.79 Å². The molecule has 1 aromatic heterocycles. The molecule has 17 heavy (non-hydrogen) atoms. The van der Waals surface area contributed by atoms with E-state index in [2.05, 4.69) is 10.3 Å². The van der Waals surface area contributed by atoms with E-state index < -0.39 is 11.9 Å². The van der Waals surface area contributed by atoms with Crippen molar-refractivity contribution in [2.75, 3.05) is 0 Å². The van der Waals surface area contributed by atoms with Gasteiger partial charge in [-0.3, -0.25) is 14.6 Å². The predicted octanol–water partition coefficient (Wildman–Crippen LogP) is 0.711. The zero-order valence-electron chi connectivity index (χ0n) is 10.0. The third-order valence-electron chi connectivity index (χ3n) is 2.30. The molecule has 1 rings (SSSR count). The van der Waals surface area contributed by atoms with Crippen molar-refractivity contribution in [3.8, 4) is 0 Å². The Morgan fingerprint density at radius 3 is 2.41 bits per heavy atom. The van der Waals surface area contributed by atoms with E-state index in [0.717, 1.165) is 0 Å². The Hall–Kier alpha value is -1.91. The van der Waals surface area contributed by atoms with Gasteiger partial charge in [0.15, 0.2) is 0 Å². The Bertz CT molecular complexity index is 390. The highest BCUT2D eigenvalue weighted by Crippen LogP contribution is 2.05. The second kappa shape index (κ2) is 5.98. The van der Waals surface area contributed by atoms with Crippen molar-refractivity contribution in [2.45, 2.75) is 26.3 Å². The molecule has 0 aromatic carbocycles. The van der Waals surface area contributed by atoms with Gasteiger partial charge in [0.05, 0.1) is 0 Å². The minimum absolute atomic E-state index is 0.283. The molecule has 0 aliphatic heterocycles. The van der Waals surface area contributed by atoms with Gasteiger partial charge in [0.25, 0.3) is 5.91 Å². The van der Waals surface area contributed by atoms with Gasteiger partial charge in [0.1, 0.15) is 6.04 Å². The Morgan fingerprint density at radius 1 is 1.35 bits per heavy atom. The lowest BCUT2D eigenvalue weighted by molar-refractivity contribution is -0.120. The summed E-state index contributed by atoms with van der Waals surface area (Å²) in [5, 5.41) is 2.62. The number of nitrogens with zero attached hydrogens (tertiary/aromatic N) is 1. The van der Waals surface area contributed by atoms with Crippen LogP contribution in [0.5, 0.6) is 0 Å². The number of aromatic nitrogens is 1. The number of amides is 2. The maximum absolute atomic E-state index is 11.8. The summed E-state index contributed by atoms with van der Waals surface area (Å²) < 4.78 is 0. The molecule has 5 heteroatoms. The first-order valence-corrected chi connectivity index (χ1v) is 5.51. The monoisotopic (exact) mass is 235 g/mol. The number of hydrogen-bond donors (Lipinski definition) is 2. The number of primary amides is 1. The Balaban J connectivity index is 2.68. The summed E-state index contributed by atoms with van der Waals surface area (Å²) >= 11 is 0. The van der Waals surface area contributed by atoms with E-state index in [1.165, 1.54) is 12.4 Å². The molecular weight excluding hydrogens is 218 g/mol. The maximum Gasteiger partial charge on any atom is 0.252 e. The molecule has 2 amide bonds. The molecule has 1 aromatic rings. The maximum atomic E-state index is 11.8. The van der Waals surface area contributed by atoms with Crippen LogP contribution in [0.2, 0.25) is 0 Å². The molecule has 0 saturated heterocycles. The van der Waals surface area contributed by atoms with E-state index in [1.807, 2.05) is 13.8 Å². The molecular formula is C12H17N3O2. The number of carbonyl (C=O) groups is 2. The van der Waals surface area contributed by atoms with Crippen molar-refractivity contribution in [3.05, 3.63) is 30.1 Å². The lowest BCUT2D eigenvalue weighted by Crippen LogP contribution is -2.45. The average molecular weight is 235 g/mol. The number of nitrogens with one attached hydrogen (secondary N) is 1. The fraction of sp³-hybridized carbons (Fsp3) is 0.417. The summed E-state index contributed by atoms with van der Waals surface area (Å²) in [4.78, 5) is 26.8. The van der Waals surface area contributed by atoms with Crippen LogP contribution in [-0.4, -0.2) is 22.8 Å². The van der Waals surface area contributed by atoms with Crippen LogP contribution < -0.4 is 11.1 Å². The molecule has 1 atom stereocenters. The molecule has 3 N–H and O–H groups in total. The summed E-state index contributed by atoms with van der Waals surface area (Å²) in [5.74, 6) is -0.539. The van der Waals surface area contributed by atoms with E-state index in [4.69, 9.17) is 5.73 Å². The minimum Gasteiger partial charge on any atom is -0.368 e. The topological polar surface area (TPSA) is 85.1 Å². The van der Waals surface area contributed by atoms with Crippen LogP contribution in [0.3, 0.4) is 0 Å². The zero-order chi connectivity index (χ0) is 12.8. The van der Waals surface area contributed by atoms with Gasteiger partial charge in [-0.1, -0.05) is 13.8 Å². The molecule has 0 saturated carbocycles. The molecule has 0 unspecified atom stereocenters. The second-order valence-corrected chi connectivity index (χ2v) is 4.29. The minimum atomic E-state index is -0.629. The summed E-state index contributed by atoms with van der Waals surface area (Å²) in [7, 11) is 0. The summed E-state index contributed by atoms with van der Waals surface area (Å²) in [5.41, 5.74) is 5.71. The van der Waals surface area contributed by atoms with Gasteiger partial charge in [-0.05, 0) is 24.5 Å². The molecule has 0 radical (unpaired) electrons. The lowest BCUT2D eigenvalue weighted by atomic mass is 10.0. The second-order valence-electron chi connectivity index (χ2n) is 4.29. The molecule has 0 bridgehead atoms. The van der Waals surface area contributed by atoms with Crippen LogP contribution in [0.15, 0.2) is 24.5 Å². The highest BCUT2D eigenvalue weighted by atomic mass is 16.2. The molecule has 0 spiro atoms. The third kappa shape index (κ3) is 4.22. The average Bonchev–Trinajstić information content (AvgIpc) is 2.28. The number of carbonyl (C=O) groups excluding carboxylic acids is 2. The van der Waals surface area contributed by atoms with Crippen molar-refractivity contribution < 1.29 is 9.59 Å². The van der Waals surface area contributed by atoms with Crippen molar-refractivity contribution in [1.82, 2.24) is 10.3 Å². The van der Waals surface area contributed by atoms with Crippen LogP contribution in [0, 0.1) is 5.92 Å². The Kier molecular flexibility index (Phi) is 4.63. The summed E-state index contributed by atoms with van der Waals surface area (Å²) in [6, 6.07) is 2.54. The summed E-state index contributed by atoms with van der Waals surface area (Å²) in [6.45, 7) is 3.93. The van der Waals surface area contributed by atoms with E-state index in [-0.39, 0.29) is 11.8 Å². The smallest absolute Gasteiger partial charge is 0.252 e. The van der Waals surface area contributed by atoms with Crippen molar-refractivity contribution in [3.63, 3.8) is 0 Å². The highest BCUT2D eigenvalue weighted by Gasteiger charge is 2.19. The molecule has 1 heterocycles. The van der Waals surface area contributed by atoms with Gasteiger partial charge in [0.2, 0.25) is 5.91 Å². The van der Waals surface area contributed by atoms with E-state index >= 15 is 0 Å². The molecule has 0 aliphatic rings. The van der Waals surface area contributed by atoms with E-state index in [1.54, 1.807) is 12.1 Å². The zero-order valence-corrected chi connectivity index (χ0v) is 10.0. The van der Waals surface area contributed by atoms with Gasteiger partial charge in [0, 0.05) is 18.0 Å². The van der Waals surface area contributed by atoms with Crippen LogP contribution in [0.1, 0.15) is 30.6 Å². The van der Waals surface area contributed by atoms with Crippen molar-refractivity contribution in [1.29, 1.82) is 0 Å². The van der Waals surface area contributed by atoms with Crippen LogP contribution in [0.25, 0.3) is 0 Å². The standard InChI is InChI=1S/C12H17N3O2/c1-8(2)7-10(11(13)16)15-12(17)9-3-5-14-6-4-9/h3-6,8,10H,7H2,1-2H3,(H2,13,16)(H,15,17)/t10-/m0/s1. The largest absolute Gasteiger partial charge is 0.368 e. The molecule has 5 nitrogen and oxygen atoms in total. The van der Waals surface area contributed by atoms with Gasteiger partial charge in [-0.15, -0.1) is 0 Å². The van der Waals surface area contributed by atoms with Gasteiger partial charge in [-0.25, -0.2) is 0 Å². The number of rotatable bonds is 5. The molecule has 0 aliphatic carbocycles. The first-order valence-electron chi connectivity index (χ1n) is 5.51. The van der Waals surface area contributed by atoms with E-state index in [0.29, 0.717) is 12.0 Å². The SMILES string of the molecule is CC(C)C[C@H](NC(=O)c1ccncc1)C(N)=O. The van der Waals surface area contributed by atoms with Gasteiger partial charge in [-0.2, -0.15) is 0 Å². The normalized spacial score (nSPS) is 12.2. The Labute approximate surface area is 100 Å². The molecule has 0 fully saturated rings. The third-order valence-corrected chi connectivity index (χ3v) is 2.30. The first-order chi connectivity index (χ1) is 8.00. The van der Waals surface area contributed by atoms with Gasteiger partial charge < -0.3 is 11.1 Å². The number of nitrogens with two attached hydrogens (primary N) is 1. The quantitative estimate of drug-likeness (QED) is 0.788. The number of pyridine rings is 1. The van der Waals surface area contributed by atoms with Crippen molar-refractivity contribution >= 4 is 11.8 Å². The highest BCUT2D eigenvalue weighted by molar-refractivity contribution is 5.97. The number of hydrogen-bond acceptors (Lipinski definition) is 3. The fourth-order valence-electron chi connectivity index (χ4n) is 1.46. The predicted molar refractivity (Wildman–Crippen MR) is 64.1 cm³/mol. The van der Waals surface area contributed by atoms with Crippen LogP contribution >= 0.6 is 0 Å². The fourth-order valence-corrected chi connectivity index (χ4v) is 1.46. The first kappa shape index (κ1) is 13.2. The lowest BCUT2D eigenvalue weighted by Gasteiger charge is -2.17. The molecule has 92 valence electrons. The summed E-state index contributed by atoms with van der Waals surface area (Å²) in [6.07, 6.45) is 3.58.